The topological polar surface area (TPSA) is 83.3 Å². The van der Waals surface area contributed by atoms with Crippen LogP contribution in [0.5, 0.6) is 0 Å². The number of pyridine rings is 1. The van der Waals surface area contributed by atoms with Crippen LogP contribution in [0.15, 0.2) is 18.3 Å². The van der Waals surface area contributed by atoms with Crippen molar-refractivity contribution in [2.24, 2.45) is 5.73 Å². The number of nitrogens with zero attached hydrogens (tertiary/aromatic N) is 2. The zero-order chi connectivity index (χ0) is 15.5. The van der Waals surface area contributed by atoms with Crippen molar-refractivity contribution in [1.82, 2.24) is 9.88 Å². The van der Waals surface area contributed by atoms with Crippen LogP contribution < -0.4 is 16.4 Å². The van der Waals surface area contributed by atoms with E-state index < -0.39 is 0 Å². The number of nitrogens with two attached hydrogens (primary N) is 1. The van der Waals surface area contributed by atoms with Crippen LogP contribution >= 0.6 is 0 Å². The van der Waals surface area contributed by atoms with E-state index in [1.165, 1.54) is 0 Å². The van der Waals surface area contributed by atoms with Crippen molar-refractivity contribution in [2.45, 2.75) is 26.7 Å². The SMILES string of the molecule is CCN(CC)CCCNc1ccc(NC(=O)CCN)cn1. The molecular formula is C15H27N5O. The summed E-state index contributed by atoms with van der Waals surface area (Å²) < 4.78 is 0. The number of nitrogens with one attached hydrogen (secondary N) is 2. The molecule has 0 aliphatic carbocycles. The van der Waals surface area contributed by atoms with Crippen LogP contribution in [0.3, 0.4) is 0 Å². The fourth-order valence-electron chi connectivity index (χ4n) is 1.99. The standard InChI is InChI=1S/C15H27N5O/c1-3-20(4-2)11-5-10-17-14-7-6-13(12-18-14)19-15(21)8-9-16/h6-7,12H,3-5,8-11,16H2,1-2H3,(H,17,18)(H,19,21). The summed E-state index contributed by atoms with van der Waals surface area (Å²) in [6, 6.07) is 3.71. The van der Waals surface area contributed by atoms with Crippen LogP contribution in [-0.4, -0.2) is 48.5 Å². The molecule has 0 spiro atoms. The molecular weight excluding hydrogens is 266 g/mol. The normalized spacial score (nSPS) is 10.7. The van der Waals surface area contributed by atoms with Gasteiger partial charge in [0.25, 0.3) is 0 Å². The highest BCUT2D eigenvalue weighted by atomic mass is 16.1. The minimum atomic E-state index is -0.0840. The number of carbonyl (C=O) groups is 1. The second-order valence-corrected chi connectivity index (χ2v) is 4.83. The summed E-state index contributed by atoms with van der Waals surface area (Å²) in [7, 11) is 0. The minimum Gasteiger partial charge on any atom is -0.370 e. The molecule has 21 heavy (non-hydrogen) atoms. The van der Waals surface area contributed by atoms with E-state index in [9.17, 15) is 4.79 Å². The summed E-state index contributed by atoms with van der Waals surface area (Å²) in [5.74, 6) is 0.741. The predicted molar refractivity (Wildman–Crippen MR) is 87.4 cm³/mol. The zero-order valence-electron chi connectivity index (χ0n) is 13.1. The second-order valence-electron chi connectivity index (χ2n) is 4.83. The van der Waals surface area contributed by atoms with Gasteiger partial charge in [0.05, 0.1) is 11.9 Å². The maximum Gasteiger partial charge on any atom is 0.225 e. The van der Waals surface area contributed by atoms with Gasteiger partial charge >= 0.3 is 0 Å². The Bertz CT molecular complexity index is 403. The van der Waals surface area contributed by atoms with Gasteiger partial charge in [-0.05, 0) is 38.2 Å². The molecule has 0 saturated carbocycles. The molecule has 1 aromatic heterocycles. The van der Waals surface area contributed by atoms with E-state index in [2.05, 4.69) is 34.4 Å². The molecule has 1 heterocycles. The lowest BCUT2D eigenvalue weighted by Crippen LogP contribution is -2.25. The molecule has 0 aliphatic heterocycles. The smallest absolute Gasteiger partial charge is 0.225 e. The van der Waals surface area contributed by atoms with E-state index in [1.807, 2.05) is 12.1 Å². The summed E-state index contributed by atoms with van der Waals surface area (Å²) >= 11 is 0. The molecule has 0 fully saturated rings. The summed E-state index contributed by atoms with van der Waals surface area (Å²) in [6.45, 7) is 8.87. The van der Waals surface area contributed by atoms with E-state index in [1.54, 1.807) is 6.20 Å². The second kappa shape index (κ2) is 10.1. The molecule has 1 rings (SSSR count). The van der Waals surface area contributed by atoms with Crippen LogP contribution in [-0.2, 0) is 4.79 Å². The van der Waals surface area contributed by atoms with E-state index >= 15 is 0 Å². The Balaban J connectivity index is 2.29. The number of aromatic nitrogens is 1. The fourth-order valence-corrected chi connectivity index (χ4v) is 1.99. The Morgan fingerprint density at radius 2 is 2.10 bits per heavy atom. The van der Waals surface area contributed by atoms with Gasteiger partial charge in [-0.25, -0.2) is 4.98 Å². The molecule has 0 aliphatic rings. The van der Waals surface area contributed by atoms with Crippen molar-refractivity contribution < 1.29 is 4.79 Å². The van der Waals surface area contributed by atoms with E-state index in [0.717, 1.165) is 38.4 Å². The van der Waals surface area contributed by atoms with Crippen molar-refractivity contribution >= 4 is 17.4 Å². The molecule has 6 heteroatoms. The highest BCUT2D eigenvalue weighted by Gasteiger charge is 2.02. The van der Waals surface area contributed by atoms with Crippen LogP contribution in [0.2, 0.25) is 0 Å². The number of hydrogen-bond acceptors (Lipinski definition) is 5. The third kappa shape index (κ3) is 7.06. The highest BCUT2D eigenvalue weighted by Crippen LogP contribution is 2.09. The number of carbonyl (C=O) groups excluding carboxylic acids is 1. The maximum atomic E-state index is 11.4. The fraction of sp³-hybridized carbons (Fsp3) is 0.600. The monoisotopic (exact) mass is 293 g/mol. The van der Waals surface area contributed by atoms with Gasteiger partial charge in [-0.15, -0.1) is 0 Å². The number of amides is 1. The van der Waals surface area contributed by atoms with Gasteiger partial charge in [0, 0.05) is 19.5 Å². The first kappa shape index (κ1) is 17.4. The number of hydrogen-bond donors (Lipinski definition) is 3. The molecule has 6 nitrogen and oxygen atoms in total. The predicted octanol–water partition coefficient (Wildman–Crippen LogP) is 1.51. The average molecular weight is 293 g/mol. The largest absolute Gasteiger partial charge is 0.370 e. The van der Waals surface area contributed by atoms with Crippen molar-refractivity contribution in [2.75, 3.05) is 43.4 Å². The molecule has 1 amide bonds. The van der Waals surface area contributed by atoms with Crippen LogP contribution in [0.1, 0.15) is 26.7 Å². The third-order valence-corrected chi connectivity index (χ3v) is 3.27. The summed E-state index contributed by atoms with van der Waals surface area (Å²) in [5, 5.41) is 6.03. The molecule has 0 saturated heterocycles. The van der Waals surface area contributed by atoms with Gasteiger partial charge in [0.15, 0.2) is 0 Å². The number of rotatable bonds is 10. The lowest BCUT2D eigenvalue weighted by molar-refractivity contribution is -0.116. The quantitative estimate of drug-likeness (QED) is 0.570. The Morgan fingerprint density at radius 1 is 1.33 bits per heavy atom. The molecule has 0 unspecified atom stereocenters. The van der Waals surface area contributed by atoms with E-state index in [4.69, 9.17) is 5.73 Å². The van der Waals surface area contributed by atoms with E-state index in [-0.39, 0.29) is 5.91 Å². The van der Waals surface area contributed by atoms with Crippen LogP contribution in [0.25, 0.3) is 0 Å². The van der Waals surface area contributed by atoms with Crippen molar-refractivity contribution in [3.05, 3.63) is 18.3 Å². The van der Waals surface area contributed by atoms with Crippen LogP contribution in [0.4, 0.5) is 11.5 Å². The van der Waals surface area contributed by atoms with Crippen molar-refractivity contribution in [3.8, 4) is 0 Å². The highest BCUT2D eigenvalue weighted by molar-refractivity contribution is 5.90. The first-order valence-corrected chi connectivity index (χ1v) is 7.61. The van der Waals surface area contributed by atoms with Crippen molar-refractivity contribution in [3.63, 3.8) is 0 Å². The maximum absolute atomic E-state index is 11.4. The molecule has 0 bridgehead atoms. The molecule has 0 radical (unpaired) electrons. The third-order valence-electron chi connectivity index (χ3n) is 3.27. The summed E-state index contributed by atoms with van der Waals surface area (Å²) in [5.41, 5.74) is 6.02. The minimum absolute atomic E-state index is 0.0840. The summed E-state index contributed by atoms with van der Waals surface area (Å²) in [6.07, 6.45) is 3.06. The first-order valence-electron chi connectivity index (χ1n) is 7.61. The van der Waals surface area contributed by atoms with Gasteiger partial charge in [0.2, 0.25) is 5.91 Å². The van der Waals surface area contributed by atoms with Gasteiger partial charge < -0.3 is 21.3 Å². The number of anilines is 2. The van der Waals surface area contributed by atoms with E-state index in [0.29, 0.717) is 18.7 Å². The molecule has 0 atom stereocenters. The lowest BCUT2D eigenvalue weighted by Gasteiger charge is -2.17. The summed E-state index contributed by atoms with van der Waals surface area (Å²) in [4.78, 5) is 18.1. The van der Waals surface area contributed by atoms with Gasteiger partial charge in [-0.2, -0.15) is 0 Å². The average Bonchev–Trinajstić information content (AvgIpc) is 2.49. The molecule has 4 N–H and O–H groups in total. The molecule has 118 valence electrons. The van der Waals surface area contributed by atoms with Gasteiger partial charge in [-0.1, -0.05) is 13.8 Å². The van der Waals surface area contributed by atoms with Crippen molar-refractivity contribution in [1.29, 1.82) is 0 Å². The van der Waals surface area contributed by atoms with Gasteiger partial charge in [-0.3, -0.25) is 4.79 Å². The first-order chi connectivity index (χ1) is 10.2. The Hall–Kier alpha value is -1.66. The van der Waals surface area contributed by atoms with Gasteiger partial charge in [0.1, 0.15) is 5.82 Å². The molecule has 0 aromatic carbocycles. The molecule has 1 aromatic rings. The lowest BCUT2D eigenvalue weighted by atomic mass is 10.3. The zero-order valence-corrected chi connectivity index (χ0v) is 13.1. The van der Waals surface area contributed by atoms with Crippen LogP contribution in [0, 0.1) is 0 Å². The Labute approximate surface area is 127 Å². The Morgan fingerprint density at radius 3 is 2.67 bits per heavy atom. The Kier molecular flexibility index (Phi) is 8.38.